The Balaban J connectivity index is 2.48. The molecule has 0 atom stereocenters. The minimum absolute atomic E-state index is 0.000882. The zero-order valence-corrected chi connectivity index (χ0v) is 8.47. The Bertz CT molecular complexity index is 522. The van der Waals surface area contributed by atoms with Crippen LogP contribution in [-0.4, -0.2) is 22.2 Å². The first-order valence-corrected chi connectivity index (χ1v) is 4.48. The molecule has 0 radical (unpaired) electrons. The van der Waals surface area contributed by atoms with E-state index in [0.717, 1.165) is 0 Å². The molecular formula is C9H9N3O4. The molecule has 0 bridgehead atoms. The van der Waals surface area contributed by atoms with Crippen molar-refractivity contribution in [2.45, 2.75) is 6.61 Å². The molecule has 84 valence electrons. The van der Waals surface area contributed by atoms with Gasteiger partial charge in [-0.05, 0) is 11.6 Å². The number of hydrogen-bond acceptors (Lipinski definition) is 5. The zero-order chi connectivity index (χ0) is 11.5. The zero-order valence-electron chi connectivity index (χ0n) is 8.47. The summed E-state index contributed by atoms with van der Waals surface area (Å²) >= 11 is 0. The van der Waals surface area contributed by atoms with Crippen LogP contribution in [0.2, 0.25) is 0 Å². The highest BCUT2D eigenvalue weighted by atomic mass is 17.2. The first-order chi connectivity index (χ1) is 7.72. The number of rotatable bonds is 4. The fourth-order valence-electron chi connectivity index (χ4n) is 1.45. The van der Waals surface area contributed by atoms with Crippen LogP contribution in [0.15, 0.2) is 18.3 Å². The van der Waals surface area contributed by atoms with Gasteiger partial charge in [0.2, 0.25) is 0 Å². The summed E-state index contributed by atoms with van der Waals surface area (Å²) in [4.78, 5) is 19.5. The van der Waals surface area contributed by atoms with Crippen LogP contribution in [0.3, 0.4) is 0 Å². The van der Waals surface area contributed by atoms with Gasteiger partial charge >= 0.3 is 0 Å². The molecule has 1 aromatic carbocycles. The number of fused-ring (bicyclic) bond motifs is 1. The Morgan fingerprint density at radius 3 is 3.06 bits per heavy atom. The number of benzene rings is 1. The van der Waals surface area contributed by atoms with E-state index >= 15 is 0 Å². The highest BCUT2D eigenvalue weighted by Crippen LogP contribution is 2.26. The fraction of sp³-hybridized carbons (Fsp3) is 0.222. The molecule has 0 saturated heterocycles. The highest BCUT2D eigenvalue weighted by Gasteiger charge is 2.15. The second kappa shape index (κ2) is 4.25. The van der Waals surface area contributed by atoms with Crippen molar-refractivity contribution >= 4 is 16.6 Å². The van der Waals surface area contributed by atoms with E-state index in [1.807, 2.05) is 0 Å². The second-order valence-corrected chi connectivity index (χ2v) is 3.13. The van der Waals surface area contributed by atoms with Gasteiger partial charge in [-0.3, -0.25) is 15.2 Å². The summed E-state index contributed by atoms with van der Waals surface area (Å²) in [5.74, 6) is 0. The lowest BCUT2D eigenvalue weighted by atomic mass is 10.1. The molecule has 2 aromatic rings. The number of nitrogens with zero attached hydrogens (tertiary/aromatic N) is 2. The normalized spacial score (nSPS) is 10.8. The van der Waals surface area contributed by atoms with Gasteiger partial charge in [-0.15, -0.1) is 0 Å². The van der Waals surface area contributed by atoms with Crippen molar-refractivity contribution in [2.24, 2.45) is 0 Å². The number of nitrogens with one attached hydrogen (secondary N) is 1. The van der Waals surface area contributed by atoms with Crippen LogP contribution in [0.1, 0.15) is 5.56 Å². The Morgan fingerprint density at radius 2 is 2.38 bits per heavy atom. The number of hydrogen-bond donors (Lipinski definition) is 1. The van der Waals surface area contributed by atoms with Crippen LogP contribution in [-0.2, 0) is 16.4 Å². The van der Waals surface area contributed by atoms with Gasteiger partial charge in [-0.1, -0.05) is 0 Å². The maximum absolute atomic E-state index is 10.8. The van der Waals surface area contributed by atoms with E-state index in [9.17, 15) is 10.1 Å². The van der Waals surface area contributed by atoms with Crippen molar-refractivity contribution < 1.29 is 14.7 Å². The van der Waals surface area contributed by atoms with Crippen LogP contribution in [0.4, 0.5) is 5.69 Å². The largest absolute Gasteiger partial charge is 0.280 e. The molecule has 0 aliphatic heterocycles. The lowest BCUT2D eigenvalue weighted by Gasteiger charge is -2.01. The molecule has 0 aliphatic rings. The SMILES string of the molecule is COOCc1cc([N+](=O)[O-])c2cn[nH]c2c1. The number of aromatic amines is 1. The number of nitro benzene ring substituents is 1. The average Bonchev–Trinajstić information content (AvgIpc) is 2.72. The van der Waals surface area contributed by atoms with E-state index in [2.05, 4.69) is 15.1 Å². The van der Waals surface area contributed by atoms with Crippen molar-refractivity contribution in [2.75, 3.05) is 7.11 Å². The predicted molar refractivity (Wildman–Crippen MR) is 54.5 cm³/mol. The number of aromatic nitrogens is 2. The van der Waals surface area contributed by atoms with Gasteiger partial charge in [-0.2, -0.15) is 5.10 Å². The van der Waals surface area contributed by atoms with Gasteiger partial charge in [0.05, 0.1) is 29.1 Å². The maximum atomic E-state index is 10.8. The molecule has 0 spiro atoms. The molecule has 16 heavy (non-hydrogen) atoms. The van der Waals surface area contributed by atoms with Gasteiger partial charge in [0.1, 0.15) is 6.61 Å². The quantitative estimate of drug-likeness (QED) is 0.482. The smallest absolute Gasteiger partial charge is 0.278 e. The van der Waals surface area contributed by atoms with Crippen molar-refractivity contribution in [3.8, 4) is 0 Å². The minimum Gasteiger partial charge on any atom is -0.278 e. The van der Waals surface area contributed by atoms with Crippen molar-refractivity contribution in [3.63, 3.8) is 0 Å². The van der Waals surface area contributed by atoms with E-state index in [-0.39, 0.29) is 12.3 Å². The minimum atomic E-state index is -0.450. The third kappa shape index (κ3) is 1.86. The molecule has 2 rings (SSSR count). The lowest BCUT2D eigenvalue weighted by molar-refractivity contribution is -0.383. The van der Waals surface area contributed by atoms with Crippen LogP contribution in [0.5, 0.6) is 0 Å². The first-order valence-electron chi connectivity index (χ1n) is 4.48. The molecule has 0 aliphatic carbocycles. The predicted octanol–water partition coefficient (Wildman–Crippen LogP) is 1.55. The van der Waals surface area contributed by atoms with E-state index < -0.39 is 4.92 Å². The summed E-state index contributed by atoms with van der Waals surface area (Å²) < 4.78 is 0. The molecule has 0 fully saturated rings. The molecule has 0 saturated carbocycles. The van der Waals surface area contributed by atoms with Crippen molar-refractivity contribution in [1.29, 1.82) is 0 Å². The van der Waals surface area contributed by atoms with E-state index in [1.54, 1.807) is 6.07 Å². The molecule has 1 N–H and O–H groups in total. The van der Waals surface area contributed by atoms with Crippen molar-refractivity contribution in [3.05, 3.63) is 34.0 Å². The Kier molecular flexibility index (Phi) is 2.80. The van der Waals surface area contributed by atoms with Gasteiger partial charge in [0, 0.05) is 6.07 Å². The highest BCUT2D eigenvalue weighted by molar-refractivity contribution is 5.88. The van der Waals surface area contributed by atoms with E-state index in [0.29, 0.717) is 16.5 Å². The summed E-state index contributed by atoms with van der Waals surface area (Å²) in [6, 6.07) is 3.17. The molecule has 0 unspecified atom stereocenters. The molecule has 1 aromatic heterocycles. The summed E-state index contributed by atoms with van der Waals surface area (Å²) in [6.45, 7) is 0.145. The van der Waals surface area contributed by atoms with Crippen LogP contribution < -0.4 is 0 Å². The lowest BCUT2D eigenvalue weighted by Crippen LogP contribution is -1.95. The summed E-state index contributed by atoms with van der Waals surface area (Å²) in [5.41, 5.74) is 1.25. The van der Waals surface area contributed by atoms with Gasteiger partial charge in [-0.25, -0.2) is 9.78 Å². The monoisotopic (exact) mass is 223 g/mol. The maximum Gasteiger partial charge on any atom is 0.280 e. The molecule has 7 heteroatoms. The topological polar surface area (TPSA) is 90.3 Å². The van der Waals surface area contributed by atoms with Crippen LogP contribution in [0, 0.1) is 10.1 Å². The van der Waals surface area contributed by atoms with Crippen LogP contribution >= 0.6 is 0 Å². The molecular weight excluding hydrogens is 214 g/mol. The molecule has 0 amide bonds. The van der Waals surface area contributed by atoms with Gasteiger partial charge in [0.15, 0.2) is 0 Å². The first kappa shape index (κ1) is 10.5. The Morgan fingerprint density at radius 1 is 1.56 bits per heavy atom. The second-order valence-electron chi connectivity index (χ2n) is 3.13. The average molecular weight is 223 g/mol. The molecule has 1 heterocycles. The Labute approximate surface area is 90.0 Å². The summed E-state index contributed by atoms with van der Waals surface area (Å²) in [6.07, 6.45) is 1.43. The summed E-state index contributed by atoms with van der Waals surface area (Å²) in [5, 5.41) is 17.8. The third-order valence-electron chi connectivity index (χ3n) is 2.14. The van der Waals surface area contributed by atoms with E-state index in [1.165, 1.54) is 19.4 Å². The summed E-state index contributed by atoms with van der Waals surface area (Å²) in [7, 11) is 1.38. The standard InChI is InChI=1S/C9H9N3O4/c1-15-16-5-6-2-8-7(4-10-11-8)9(3-6)12(13)14/h2-4H,5H2,1H3,(H,10,11). The third-order valence-corrected chi connectivity index (χ3v) is 2.14. The van der Waals surface area contributed by atoms with Crippen molar-refractivity contribution in [1.82, 2.24) is 10.2 Å². The van der Waals surface area contributed by atoms with E-state index in [4.69, 9.17) is 4.89 Å². The number of H-pyrrole nitrogens is 1. The molecule has 7 nitrogen and oxygen atoms in total. The number of nitro groups is 1. The van der Waals surface area contributed by atoms with Gasteiger partial charge in [0.25, 0.3) is 5.69 Å². The fourth-order valence-corrected chi connectivity index (χ4v) is 1.45. The number of non-ortho nitro benzene ring substituents is 1. The van der Waals surface area contributed by atoms with Crippen LogP contribution in [0.25, 0.3) is 10.9 Å². The Hall–Kier alpha value is -1.99. The van der Waals surface area contributed by atoms with Gasteiger partial charge < -0.3 is 0 Å².